The van der Waals surface area contributed by atoms with Crippen LogP contribution >= 0.6 is 0 Å². The van der Waals surface area contributed by atoms with Crippen LogP contribution in [0.2, 0.25) is 0 Å². The molecule has 212 valence electrons. The summed E-state index contributed by atoms with van der Waals surface area (Å²) in [7, 11) is 1.51. The van der Waals surface area contributed by atoms with Crippen molar-refractivity contribution in [3.8, 4) is 17.0 Å². The molecule has 0 unspecified atom stereocenters. The minimum Gasteiger partial charge on any atom is -0.494 e. The molecule has 0 spiro atoms. The number of rotatable bonds is 9. The second kappa shape index (κ2) is 11.6. The second-order valence-electron chi connectivity index (χ2n) is 10.0. The number of methoxy groups -OCH3 is 1. The van der Waals surface area contributed by atoms with Gasteiger partial charge < -0.3 is 15.0 Å². The van der Waals surface area contributed by atoms with Crippen LogP contribution in [0.1, 0.15) is 37.7 Å². The smallest absolute Gasteiger partial charge is 0.390 e. The lowest BCUT2D eigenvalue weighted by Crippen LogP contribution is -2.36. The Morgan fingerprint density at radius 2 is 1.82 bits per heavy atom. The third-order valence-corrected chi connectivity index (χ3v) is 8.49. The van der Waals surface area contributed by atoms with Gasteiger partial charge in [-0.3, -0.25) is 0 Å². The number of sulfone groups is 1. The molecule has 1 N–H and O–H groups in total. The Bertz CT molecular complexity index is 1430. The third kappa shape index (κ3) is 7.53. The molecule has 2 aromatic heterocycles. The van der Waals surface area contributed by atoms with Crippen LogP contribution in [-0.2, 0) is 15.6 Å². The molecule has 1 saturated carbocycles. The van der Waals surface area contributed by atoms with Crippen molar-refractivity contribution in [1.29, 1.82) is 0 Å². The quantitative estimate of drug-likeness (QED) is 0.360. The van der Waals surface area contributed by atoms with Crippen LogP contribution < -0.4 is 10.1 Å². The number of benzene rings is 1. The molecule has 2 heterocycles. The van der Waals surface area contributed by atoms with Crippen LogP contribution in [0.4, 0.5) is 23.5 Å². The van der Waals surface area contributed by atoms with Crippen molar-refractivity contribution in [2.45, 2.75) is 56.1 Å². The van der Waals surface area contributed by atoms with Crippen LogP contribution in [0.3, 0.4) is 0 Å². The molecular weight excluding hydrogens is 538 g/mol. The molecule has 4 rings (SSSR count). The Morgan fingerprint density at radius 3 is 2.44 bits per heavy atom. The van der Waals surface area contributed by atoms with E-state index in [9.17, 15) is 26.0 Å². The summed E-state index contributed by atoms with van der Waals surface area (Å²) >= 11 is 0. The van der Waals surface area contributed by atoms with E-state index in [2.05, 4.69) is 39.3 Å². The molecular formula is C26H31F4N5O3S. The minimum absolute atomic E-state index is 0.215. The van der Waals surface area contributed by atoms with Gasteiger partial charge in [-0.05, 0) is 45.8 Å². The summed E-state index contributed by atoms with van der Waals surface area (Å²) in [6, 6.07) is 6.23. The molecule has 1 fully saturated rings. The Morgan fingerprint density at radius 1 is 1.10 bits per heavy atom. The SMILES string of the molecule is COc1cc(-c2ccc(CS(=O)(=O)CCC(F)(F)F)c(F)c2)nc2cnc(NC3CCC(N(C)C)CC3)nc12. The van der Waals surface area contributed by atoms with Gasteiger partial charge in [-0.25, -0.2) is 27.8 Å². The molecule has 0 bridgehead atoms. The highest BCUT2D eigenvalue weighted by molar-refractivity contribution is 7.90. The molecule has 0 saturated heterocycles. The molecule has 3 aromatic rings. The summed E-state index contributed by atoms with van der Waals surface area (Å²) in [6.07, 6.45) is -0.356. The number of nitrogens with zero attached hydrogens (tertiary/aromatic N) is 4. The normalized spacial score (nSPS) is 18.5. The number of aromatic nitrogens is 3. The maximum absolute atomic E-state index is 14.8. The summed E-state index contributed by atoms with van der Waals surface area (Å²) < 4.78 is 81.7. The second-order valence-corrected chi connectivity index (χ2v) is 12.2. The fourth-order valence-corrected chi connectivity index (χ4v) is 6.08. The summed E-state index contributed by atoms with van der Waals surface area (Å²) in [4.78, 5) is 15.8. The monoisotopic (exact) mass is 569 g/mol. The van der Waals surface area contributed by atoms with Gasteiger partial charge in [0.05, 0.1) is 36.9 Å². The standard InChI is InChI=1S/C26H31F4N5O3S/c1-35(2)19-8-6-18(7-9-19)32-25-31-14-22-24(34-25)23(38-3)13-21(33-22)16-4-5-17(20(27)12-16)15-39(36,37)11-10-26(28,29)30/h4-5,12-14,18-19H,6-11,15H2,1-3H3,(H,31,32,34). The molecule has 1 aliphatic rings. The van der Waals surface area contributed by atoms with Crippen LogP contribution in [0.5, 0.6) is 5.75 Å². The first-order valence-electron chi connectivity index (χ1n) is 12.5. The number of hydrogen-bond donors (Lipinski definition) is 1. The largest absolute Gasteiger partial charge is 0.494 e. The minimum atomic E-state index is -4.61. The average molecular weight is 570 g/mol. The lowest BCUT2D eigenvalue weighted by molar-refractivity contribution is -0.129. The van der Waals surface area contributed by atoms with Gasteiger partial charge in [0.25, 0.3) is 0 Å². The van der Waals surface area contributed by atoms with E-state index in [0.717, 1.165) is 31.7 Å². The fraction of sp³-hybridized carbons (Fsp3) is 0.500. The summed E-state index contributed by atoms with van der Waals surface area (Å²) in [5, 5.41) is 3.39. The highest BCUT2D eigenvalue weighted by atomic mass is 32.2. The van der Waals surface area contributed by atoms with Gasteiger partial charge in [-0.2, -0.15) is 13.2 Å². The molecule has 0 aliphatic heterocycles. The van der Waals surface area contributed by atoms with Crippen LogP contribution in [0.25, 0.3) is 22.3 Å². The lowest BCUT2D eigenvalue weighted by atomic mass is 9.91. The van der Waals surface area contributed by atoms with E-state index >= 15 is 0 Å². The van der Waals surface area contributed by atoms with Gasteiger partial charge in [-0.15, -0.1) is 0 Å². The van der Waals surface area contributed by atoms with Crippen molar-refractivity contribution in [3.63, 3.8) is 0 Å². The Kier molecular flexibility index (Phi) is 8.60. The van der Waals surface area contributed by atoms with Crippen molar-refractivity contribution < 1.29 is 30.7 Å². The number of fused-ring (bicyclic) bond motifs is 1. The zero-order valence-electron chi connectivity index (χ0n) is 21.9. The maximum atomic E-state index is 14.8. The van der Waals surface area contributed by atoms with Crippen molar-refractivity contribution in [2.24, 2.45) is 0 Å². The predicted molar refractivity (Wildman–Crippen MR) is 141 cm³/mol. The van der Waals surface area contributed by atoms with Crippen LogP contribution in [0, 0.1) is 5.82 Å². The van der Waals surface area contributed by atoms with E-state index in [1.165, 1.54) is 19.2 Å². The fourth-order valence-electron chi connectivity index (χ4n) is 4.69. The highest BCUT2D eigenvalue weighted by Gasteiger charge is 2.30. The van der Waals surface area contributed by atoms with Gasteiger partial charge in [0.15, 0.2) is 9.84 Å². The maximum Gasteiger partial charge on any atom is 0.390 e. The average Bonchev–Trinajstić information content (AvgIpc) is 2.88. The van der Waals surface area contributed by atoms with Crippen molar-refractivity contribution in [1.82, 2.24) is 19.9 Å². The first-order valence-corrected chi connectivity index (χ1v) is 14.4. The van der Waals surface area contributed by atoms with Crippen molar-refractivity contribution in [2.75, 3.05) is 32.3 Å². The summed E-state index contributed by atoms with van der Waals surface area (Å²) in [5.41, 5.74) is 1.37. The molecule has 0 atom stereocenters. The Labute approximate surface area is 224 Å². The number of nitrogens with one attached hydrogen (secondary N) is 1. The van der Waals surface area contributed by atoms with Crippen molar-refractivity contribution in [3.05, 3.63) is 41.8 Å². The van der Waals surface area contributed by atoms with Gasteiger partial charge in [0.1, 0.15) is 22.6 Å². The molecule has 39 heavy (non-hydrogen) atoms. The number of anilines is 1. The molecule has 0 amide bonds. The van der Waals surface area contributed by atoms with Gasteiger partial charge >= 0.3 is 6.18 Å². The van der Waals surface area contributed by atoms with E-state index in [0.29, 0.717) is 40.0 Å². The van der Waals surface area contributed by atoms with E-state index < -0.39 is 39.8 Å². The number of pyridine rings is 1. The van der Waals surface area contributed by atoms with Crippen LogP contribution in [0.15, 0.2) is 30.5 Å². The van der Waals surface area contributed by atoms with Crippen molar-refractivity contribution >= 4 is 26.8 Å². The van der Waals surface area contributed by atoms with E-state index in [1.807, 2.05) is 0 Å². The summed E-state index contributed by atoms with van der Waals surface area (Å²) in [5.74, 6) is -1.93. The van der Waals surface area contributed by atoms with E-state index in [4.69, 9.17) is 4.74 Å². The molecule has 8 nitrogen and oxygen atoms in total. The number of ether oxygens (including phenoxy) is 1. The predicted octanol–water partition coefficient (Wildman–Crippen LogP) is 4.99. The first kappa shape index (κ1) is 28.9. The van der Waals surface area contributed by atoms with E-state index in [-0.39, 0.29) is 11.6 Å². The molecule has 0 radical (unpaired) electrons. The third-order valence-electron chi connectivity index (χ3n) is 6.91. The zero-order chi connectivity index (χ0) is 28.4. The molecule has 1 aromatic carbocycles. The number of halogens is 4. The van der Waals surface area contributed by atoms with Gasteiger partial charge in [0.2, 0.25) is 5.95 Å². The first-order chi connectivity index (χ1) is 18.3. The lowest BCUT2D eigenvalue weighted by Gasteiger charge is -2.32. The van der Waals surface area contributed by atoms with Gasteiger partial charge in [0, 0.05) is 29.3 Å². The topological polar surface area (TPSA) is 97.3 Å². The molecule has 1 aliphatic carbocycles. The number of hydrogen-bond acceptors (Lipinski definition) is 8. The Balaban J connectivity index is 1.52. The number of alkyl halides is 3. The highest BCUT2D eigenvalue weighted by Crippen LogP contribution is 2.31. The van der Waals surface area contributed by atoms with Gasteiger partial charge in [-0.1, -0.05) is 12.1 Å². The van der Waals surface area contributed by atoms with Crippen LogP contribution in [-0.4, -0.2) is 73.5 Å². The molecule has 13 heteroatoms. The zero-order valence-corrected chi connectivity index (χ0v) is 22.7. The summed E-state index contributed by atoms with van der Waals surface area (Å²) in [6.45, 7) is 0. The Hall–Kier alpha value is -3.06. The van der Waals surface area contributed by atoms with E-state index in [1.54, 1.807) is 12.3 Å².